The van der Waals surface area contributed by atoms with Crippen LogP contribution >= 0.6 is 23.2 Å². The molecule has 0 bridgehead atoms. The molecule has 1 aliphatic carbocycles. The lowest BCUT2D eigenvalue weighted by molar-refractivity contribution is 0.520. The Morgan fingerprint density at radius 2 is 1.89 bits per heavy atom. The van der Waals surface area contributed by atoms with Crippen LogP contribution in [-0.2, 0) is 16.6 Å². The minimum atomic E-state index is -3.55. The summed E-state index contributed by atoms with van der Waals surface area (Å²) in [5.41, 5.74) is 0.749. The number of benzene rings is 1. The quantitative estimate of drug-likeness (QED) is 0.906. The van der Waals surface area contributed by atoms with E-state index in [-0.39, 0.29) is 9.92 Å². The Bertz CT molecular complexity index is 584. The third kappa shape index (κ3) is 3.41. The second kappa shape index (κ2) is 5.58. The summed E-state index contributed by atoms with van der Waals surface area (Å²) in [6, 6.07) is 3.57. The molecule has 0 amide bonds. The summed E-state index contributed by atoms with van der Waals surface area (Å²) in [6.07, 6.45) is 2.32. The molecular formula is C12H16Cl2N2O2S. The van der Waals surface area contributed by atoms with E-state index in [1.807, 2.05) is 0 Å². The Kier molecular flexibility index (Phi) is 4.42. The van der Waals surface area contributed by atoms with Crippen LogP contribution in [0.25, 0.3) is 0 Å². The molecule has 1 aliphatic rings. The summed E-state index contributed by atoms with van der Waals surface area (Å²) in [7, 11) is -0.606. The summed E-state index contributed by atoms with van der Waals surface area (Å²) in [5.74, 6) is 0. The van der Waals surface area contributed by atoms with Gasteiger partial charge < -0.3 is 5.32 Å². The monoisotopic (exact) mass is 322 g/mol. The number of halogens is 2. The highest BCUT2D eigenvalue weighted by atomic mass is 35.5. The third-order valence-corrected chi connectivity index (χ3v) is 5.65. The molecule has 0 heterocycles. The van der Waals surface area contributed by atoms with Crippen LogP contribution < -0.4 is 5.32 Å². The standard InChI is InChI=1S/C12H16Cl2N2O2S/c1-16(2)19(17,18)12-5-8(7-15-9-3-4-9)10(13)6-11(12)14/h5-6,9,15H,3-4,7H2,1-2H3. The van der Waals surface area contributed by atoms with Gasteiger partial charge in [0.15, 0.2) is 0 Å². The fraction of sp³-hybridized carbons (Fsp3) is 0.500. The van der Waals surface area contributed by atoms with Crippen molar-refractivity contribution in [1.29, 1.82) is 0 Å². The first-order valence-electron chi connectivity index (χ1n) is 5.96. The average molecular weight is 323 g/mol. The molecule has 106 valence electrons. The summed E-state index contributed by atoms with van der Waals surface area (Å²) < 4.78 is 25.4. The maximum absolute atomic E-state index is 12.1. The Labute approximate surface area is 123 Å². The molecule has 0 atom stereocenters. The number of rotatable bonds is 5. The molecule has 1 fully saturated rings. The minimum absolute atomic E-state index is 0.0937. The van der Waals surface area contributed by atoms with Gasteiger partial charge in [-0.15, -0.1) is 0 Å². The molecular weight excluding hydrogens is 307 g/mol. The van der Waals surface area contributed by atoms with E-state index < -0.39 is 10.0 Å². The van der Waals surface area contributed by atoms with Gasteiger partial charge in [0.1, 0.15) is 4.90 Å². The van der Waals surface area contributed by atoms with Gasteiger partial charge in [-0.1, -0.05) is 23.2 Å². The number of nitrogens with one attached hydrogen (secondary N) is 1. The highest BCUT2D eigenvalue weighted by molar-refractivity contribution is 7.89. The van der Waals surface area contributed by atoms with E-state index in [1.54, 1.807) is 6.07 Å². The molecule has 0 radical (unpaired) electrons. The van der Waals surface area contributed by atoms with Crippen molar-refractivity contribution in [3.8, 4) is 0 Å². The molecule has 0 unspecified atom stereocenters. The lowest BCUT2D eigenvalue weighted by Gasteiger charge is -2.15. The molecule has 0 spiro atoms. The van der Waals surface area contributed by atoms with Gasteiger partial charge in [-0.05, 0) is 30.5 Å². The van der Waals surface area contributed by atoms with Gasteiger partial charge in [0.2, 0.25) is 10.0 Å². The van der Waals surface area contributed by atoms with E-state index in [1.165, 1.54) is 20.2 Å². The van der Waals surface area contributed by atoms with Gasteiger partial charge in [0.05, 0.1) is 5.02 Å². The van der Waals surface area contributed by atoms with Gasteiger partial charge >= 0.3 is 0 Å². The van der Waals surface area contributed by atoms with E-state index in [2.05, 4.69) is 5.32 Å². The topological polar surface area (TPSA) is 49.4 Å². The fourth-order valence-electron chi connectivity index (χ4n) is 1.64. The lowest BCUT2D eigenvalue weighted by Crippen LogP contribution is -2.23. The molecule has 4 nitrogen and oxygen atoms in total. The first kappa shape index (κ1) is 15.1. The molecule has 1 saturated carbocycles. The largest absolute Gasteiger partial charge is 0.310 e. The van der Waals surface area contributed by atoms with Crippen LogP contribution in [0.2, 0.25) is 10.0 Å². The van der Waals surface area contributed by atoms with Crippen LogP contribution in [-0.4, -0.2) is 32.9 Å². The van der Waals surface area contributed by atoms with Crippen LogP contribution in [0, 0.1) is 0 Å². The van der Waals surface area contributed by atoms with Crippen molar-refractivity contribution in [3.05, 3.63) is 27.7 Å². The van der Waals surface area contributed by atoms with E-state index >= 15 is 0 Å². The van der Waals surface area contributed by atoms with E-state index in [9.17, 15) is 8.42 Å². The van der Waals surface area contributed by atoms with Gasteiger partial charge in [-0.3, -0.25) is 0 Å². The van der Waals surface area contributed by atoms with Gasteiger partial charge in [-0.2, -0.15) is 0 Å². The fourth-order valence-corrected chi connectivity index (χ4v) is 3.38. The Morgan fingerprint density at radius 3 is 2.42 bits per heavy atom. The van der Waals surface area contributed by atoms with Gasteiger partial charge in [-0.25, -0.2) is 12.7 Å². The molecule has 0 saturated heterocycles. The first-order valence-corrected chi connectivity index (χ1v) is 8.16. The van der Waals surface area contributed by atoms with Crippen LogP contribution in [0.1, 0.15) is 18.4 Å². The Balaban J connectivity index is 2.35. The smallest absolute Gasteiger partial charge is 0.244 e. The SMILES string of the molecule is CN(C)S(=O)(=O)c1cc(CNC2CC2)c(Cl)cc1Cl. The Hall–Kier alpha value is -0.330. The number of hydrogen-bond donors (Lipinski definition) is 1. The highest BCUT2D eigenvalue weighted by Crippen LogP contribution is 2.30. The average Bonchev–Trinajstić information content (AvgIpc) is 3.11. The van der Waals surface area contributed by atoms with Gasteiger partial charge in [0, 0.05) is 31.7 Å². The molecule has 0 aromatic heterocycles. The Morgan fingerprint density at radius 1 is 1.26 bits per heavy atom. The second-order valence-corrected chi connectivity index (χ2v) is 7.75. The molecule has 7 heteroatoms. The van der Waals surface area contributed by atoms with Crippen LogP contribution in [0.4, 0.5) is 0 Å². The van der Waals surface area contributed by atoms with Crippen molar-refractivity contribution >= 4 is 33.2 Å². The molecule has 1 aromatic carbocycles. The molecule has 0 aliphatic heterocycles. The molecule has 19 heavy (non-hydrogen) atoms. The minimum Gasteiger partial charge on any atom is -0.310 e. The normalized spacial score (nSPS) is 16.1. The summed E-state index contributed by atoms with van der Waals surface area (Å²) in [6.45, 7) is 0.552. The maximum Gasteiger partial charge on any atom is 0.244 e. The molecule has 1 N–H and O–H groups in total. The van der Waals surface area contributed by atoms with E-state index in [4.69, 9.17) is 23.2 Å². The van der Waals surface area contributed by atoms with E-state index in [0.717, 1.165) is 22.7 Å². The number of nitrogens with zero attached hydrogens (tertiary/aromatic N) is 1. The van der Waals surface area contributed by atoms with Crippen LogP contribution in [0.5, 0.6) is 0 Å². The molecule has 1 aromatic rings. The van der Waals surface area contributed by atoms with Crippen LogP contribution in [0.3, 0.4) is 0 Å². The molecule has 2 rings (SSSR count). The van der Waals surface area contributed by atoms with Crippen molar-refractivity contribution in [2.24, 2.45) is 0 Å². The van der Waals surface area contributed by atoms with Crippen molar-refractivity contribution in [3.63, 3.8) is 0 Å². The summed E-state index contributed by atoms with van der Waals surface area (Å²) in [4.78, 5) is 0.0937. The lowest BCUT2D eigenvalue weighted by atomic mass is 10.2. The van der Waals surface area contributed by atoms with Crippen molar-refractivity contribution in [1.82, 2.24) is 9.62 Å². The van der Waals surface area contributed by atoms with Crippen molar-refractivity contribution < 1.29 is 8.42 Å². The number of hydrogen-bond acceptors (Lipinski definition) is 3. The highest BCUT2D eigenvalue weighted by Gasteiger charge is 2.24. The maximum atomic E-state index is 12.1. The predicted octanol–water partition coefficient (Wildman–Crippen LogP) is 2.50. The predicted molar refractivity (Wildman–Crippen MR) is 77.2 cm³/mol. The van der Waals surface area contributed by atoms with Crippen molar-refractivity contribution in [2.75, 3.05) is 14.1 Å². The zero-order chi connectivity index (χ0) is 14.2. The summed E-state index contributed by atoms with van der Waals surface area (Å²) in [5, 5.41) is 3.93. The van der Waals surface area contributed by atoms with Gasteiger partial charge in [0.25, 0.3) is 0 Å². The third-order valence-electron chi connectivity index (χ3n) is 3.02. The second-order valence-electron chi connectivity index (χ2n) is 4.82. The van der Waals surface area contributed by atoms with Crippen LogP contribution in [0.15, 0.2) is 17.0 Å². The summed E-state index contributed by atoms with van der Waals surface area (Å²) >= 11 is 12.1. The zero-order valence-electron chi connectivity index (χ0n) is 10.8. The number of sulfonamides is 1. The van der Waals surface area contributed by atoms with Crippen molar-refractivity contribution in [2.45, 2.75) is 30.3 Å². The first-order chi connectivity index (χ1) is 8.82. The van der Waals surface area contributed by atoms with E-state index in [0.29, 0.717) is 17.6 Å². The zero-order valence-corrected chi connectivity index (χ0v) is 13.1.